The Morgan fingerprint density at radius 3 is 1.26 bits per heavy atom. The van der Waals surface area contributed by atoms with Crippen LogP contribution in [0.2, 0.25) is 0 Å². The molecular formula is C67H114O14. The third kappa shape index (κ3) is 38.5. The quantitative estimate of drug-likeness (QED) is 0.0172. The number of rotatable bonds is 51. The van der Waals surface area contributed by atoms with Gasteiger partial charge in [-0.2, -0.15) is 0 Å². The van der Waals surface area contributed by atoms with Crippen molar-refractivity contribution in [2.24, 2.45) is 0 Å². The molecule has 2 aliphatic rings. The van der Waals surface area contributed by atoms with Crippen LogP contribution >= 0.6 is 0 Å². The lowest BCUT2D eigenvalue weighted by Crippen LogP contribution is -2.61. The van der Waals surface area contributed by atoms with Crippen LogP contribution in [0.4, 0.5) is 0 Å². The number of allylic oxidation sites excluding steroid dienone is 16. The third-order valence-electron chi connectivity index (χ3n) is 14.6. The highest BCUT2D eigenvalue weighted by atomic mass is 16.7. The molecule has 466 valence electrons. The average Bonchev–Trinajstić information content (AvgIpc) is 3.46. The Balaban J connectivity index is 1.70. The fourth-order valence-corrected chi connectivity index (χ4v) is 9.50. The molecule has 0 amide bonds. The Kier molecular flexibility index (Phi) is 47.9. The van der Waals surface area contributed by atoms with Gasteiger partial charge in [-0.05, 0) is 96.3 Å². The normalized spacial score (nSPS) is 24.4. The van der Waals surface area contributed by atoms with Crippen LogP contribution in [-0.4, -0.2) is 142 Å². The van der Waals surface area contributed by atoms with Gasteiger partial charge in [-0.3, -0.25) is 4.79 Å². The number of aliphatic hydroxyl groups is 7. The first-order valence-electron chi connectivity index (χ1n) is 31.8. The standard InChI is InChI=1S/C67H114O14/c1-3-5-7-9-11-13-15-17-19-21-23-25-27-29-31-33-35-37-39-41-43-45-47-49-51-76-53-56(54-77-66-65(75)63(73)61(71)58(81-66)55-78-67-64(74)62(72)60(70)57(52-68)80-67)79-59(69)50-48-46-44-42-40-38-36-34-32-30-28-26-24-22-20-18-16-14-12-10-8-6-4-2/h5,7,11,13,16-19,22-25,28-31,56-58,60-68,70-75H,3-4,6,8-10,12,14-15,20-21,26-27,32-55H2,1-2H3/b7-5-,13-11-,18-16-,19-17-,24-22-,25-23-,30-28-,31-29-. The largest absolute Gasteiger partial charge is 0.457 e. The highest BCUT2D eigenvalue weighted by Crippen LogP contribution is 2.27. The van der Waals surface area contributed by atoms with Crippen LogP contribution in [0.5, 0.6) is 0 Å². The lowest BCUT2D eigenvalue weighted by Gasteiger charge is -2.42. The molecule has 14 heteroatoms. The van der Waals surface area contributed by atoms with E-state index in [1.165, 1.54) is 96.3 Å². The predicted octanol–water partition coefficient (Wildman–Crippen LogP) is 12.5. The van der Waals surface area contributed by atoms with Crippen molar-refractivity contribution in [2.45, 2.75) is 287 Å². The van der Waals surface area contributed by atoms with Crippen molar-refractivity contribution < 1.29 is 69.0 Å². The molecule has 14 nitrogen and oxygen atoms in total. The highest BCUT2D eigenvalue weighted by Gasteiger charge is 2.47. The molecule has 0 aromatic carbocycles. The summed E-state index contributed by atoms with van der Waals surface area (Å²) in [6.45, 7) is 3.54. The van der Waals surface area contributed by atoms with Crippen molar-refractivity contribution in [3.05, 3.63) is 97.2 Å². The van der Waals surface area contributed by atoms with Gasteiger partial charge in [0.1, 0.15) is 54.9 Å². The van der Waals surface area contributed by atoms with Crippen LogP contribution in [0.25, 0.3) is 0 Å². The molecule has 0 radical (unpaired) electrons. The average molecular weight is 1140 g/mol. The second-order valence-corrected chi connectivity index (χ2v) is 21.8. The van der Waals surface area contributed by atoms with Gasteiger partial charge in [-0.15, -0.1) is 0 Å². The number of carbonyl (C=O) groups is 1. The zero-order valence-corrected chi connectivity index (χ0v) is 50.2. The second kappa shape index (κ2) is 52.5. The summed E-state index contributed by atoms with van der Waals surface area (Å²) in [5.41, 5.74) is 0. The molecule has 2 aliphatic heterocycles. The van der Waals surface area contributed by atoms with E-state index in [2.05, 4.69) is 111 Å². The number of hydrogen-bond donors (Lipinski definition) is 7. The van der Waals surface area contributed by atoms with E-state index in [1.807, 2.05) is 0 Å². The lowest BCUT2D eigenvalue weighted by atomic mass is 9.98. The Bertz CT molecular complexity index is 1710. The topological polar surface area (TPSA) is 214 Å². The van der Waals surface area contributed by atoms with Gasteiger partial charge >= 0.3 is 5.97 Å². The summed E-state index contributed by atoms with van der Waals surface area (Å²) in [6, 6.07) is 0. The maximum Gasteiger partial charge on any atom is 0.306 e. The second-order valence-electron chi connectivity index (χ2n) is 21.8. The summed E-state index contributed by atoms with van der Waals surface area (Å²) in [6.07, 6.45) is 54.6. The van der Waals surface area contributed by atoms with E-state index in [9.17, 15) is 40.5 Å². The molecule has 0 aliphatic carbocycles. The first-order valence-corrected chi connectivity index (χ1v) is 31.8. The van der Waals surface area contributed by atoms with Crippen molar-refractivity contribution in [2.75, 3.05) is 33.0 Å². The number of unbranched alkanes of at least 4 members (excludes halogenated alkanes) is 21. The van der Waals surface area contributed by atoms with Gasteiger partial charge in [0.05, 0.1) is 26.4 Å². The van der Waals surface area contributed by atoms with Gasteiger partial charge < -0.3 is 64.2 Å². The zero-order chi connectivity index (χ0) is 58.6. The summed E-state index contributed by atoms with van der Waals surface area (Å²) in [5.74, 6) is -0.389. The number of ether oxygens (including phenoxy) is 6. The molecular weight excluding hydrogens is 1030 g/mol. The van der Waals surface area contributed by atoms with E-state index in [0.29, 0.717) is 13.0 Å². The smallest absolute Gasteiger partial charge is 0.306 e. The minimum Gasteiger partial charge on any atom is -0.457 e. The summed E-state index contributed by atoms with van der Waals surface area (Å²) < 4.78 is 34.5. The van der Waals surface area contributed by atoms with Gasteiger partial charge in [0.25, 0.3) is 0 Å². The van der Waals surface area contributed by atoms with Crippen LogP contribution in [0.15, 0.2) is 97.2 Å². The predicted molar refractivity (Wildman–Crippen MR) is 325 cm³/mol. The fraction of sp³-hybridized carbons (Fsp3) is 0.746. The van der Waals surface area contributed by atoms with E-state index >= 15 is 0 Å². The zero-order valence-electron chi connectivity index (χ0n) is 50.2. The summed E-state index contributed by atoms with van der Waals surface area (Å²) in [7, 11) is 0. The molecule has 7 N–H and O–H groups in total. The third-order valence-corrected chi connectivity index (χ3v) is 14.6. The molecule has 0 spiro atoms. The molecule has 2 saturated heterocycles. The van der Waals surface area contributed by atoms with Gasteiger partial charge in [0.2, 0.25) is 0 Å². The SMILES string of the molecule is CC/C=C\C/C=C\C/C=C\C/C=C\C/C=C\CCCCCCCCCCOCC(COC1OC(COC2OC(CO)C(O)C(O)C2O)C(O)C(O)C1O)OC(=O)CCCCCCCCCC/C=C\C/C=C\C/C=C\CCCCCCC. The lowest BCUT2D eigenvalue weighted by molar-refractivity contribution is -0.332. The van der Waals surface area contributed by atoms with Crippen molar-refractivity contribution in [1.82, 2.24) is 0 Å². The Morgan fingerprint density at radius 1 is 0.420 bits per heavy atom. The van der Waals surface area contributed by atoms with E-state index < -0.39 is 80.7 Å². The van der Waals surface area contributed by atoms with E-state index in [-0.39, 0.29) is 25.6 Å². The molecule has 0 bridgehead atoms. The molecule has 81 heavy (non-hydrogen) atoms. The van der Waals surface area contributed by atoms with E-state index in [1.54, 1.807) is 0 Å². The van der Waals surface area contributed by atoms with Gasteiger partial charge in [0.15, 0.2) is 12.6 Å². The van der Waals surface area contributed by atoms with Crippen LogP contribution in [0, 0.1) is 0 Å². The van der Waals surface area contributed by atoms with E-state index in [4.69, 9.17) is 28.4 Å². The first kappa shape index (κ1) is 74.0. The summed E-state index contributed by atoms with van der Waals surface area (Å²) >= 11 is 0. The monoisotopic (exact) mass is 1140 g/mol. The first-order chi connectivity index (χ1) is 39.6. The minimum atomic E-state index is -1.72. The number of aliphatic hydroxyl groups excluding tert-OH is 7. The summed E-state index contributed by atoms with van der Waals surface area (Å²) in [5, 5.41) is 72.5. The van der Waals surface area contributed by atoms with Gasteiger partial charge in [0, 0.05) is 13.0 Å². The van der Waals surface area contributed by atoms with Crippen molar-refractivity contribution >= 4 is 5.97 Å². The molecule has 11 unspecified atom stereocenters. The maximum absolute atomic E-state index is 13.1. The van der Waals surface area contributed by atoms with Crippen LogP contribution < -0.4 is 0 Å². The number of carbonyl (C=O) groups excluding carboxylic acids is 1. The maximum atomic E-state index is 13.1. The van der Waals surface area contributed by atoms with Crippen molar-refractivity contribution in [3.63, 3.8) is 0 Å². The number of esters is 1. The Hall–Kier alpha value is -3.09. The molecule has 11 atom stereocenters. The van der Waals surface area contributed by atoms with Gasteiger partial charge in [-0.25, -0.2) is 0 Å². The summed E-state index contributed by atoms with van der Waals surface area (Å²) in [4.78, 5) is 13.1. The van der Waals surface area contributed by atoms with Crippen LogP contribution in [0.1, 0.15) is 219 Å². The van der Waals surface area contributed by atoms with Crippen molar-refractivity contribution in [1.29, 1.82) is 0 Å². The number of hydrogen-bond acceptors (Lipinski definition) is 14. The van der Waals surface area contributed by atoms with Crippen LogP contribution in [-0.2, 0) is 33.2 Å². The molecule has 2 fully saturated rings. The Labute approximate surface area is 490 Å². The highest BCUT2D eigenvalue weighted by molar-refractivity contribution is 5.69. The molecule has 0 saturated carbocycles. The molecule has 0 aromatic rings. The van der Waals surface area contributed by atoms with E-state index in [0.717, 1.165) is 96.3 Å². The molecule has 2 heterocycles. The van der Waals surface area contributed by atoms with Gasteiger partial charge in [-0.1, -0.05) is 214 Å². The van der Waals surface area contributed by atoms with Crippen LogP contribution in [0.3, 0.4) is 0 Å². The Morgan fingerprint density at radius 2 is 0.802 bits per heavy atom. The molecule has 0 aromatic heterocycles. The van der Waals surface area contributed by atoms with Crippen molar-refractivity contribution in [3.8, 4) is 0 Å². The fourth-order valence-electron chi connectivity index (χ4n) is 9.50. The minimum absolute atomic E-state index is 0.0470. The molecule has 2 rings (SSSR count).